The summed E-state index contributed by atoms with van der Waals surface area (Å²) in [7, 11) is 0. The molecule has 0 bridgehead atoms. The molecule has 0 aromatic carbocycles. The summed E-state index contributed by atoms with van der Waals surface area (Å²) in [6, 6.07) is 0. The van der Waals surface area contributed by atoms with Crippen molar-refractivity contribution in [3.05, 3.63) is 12.2 Å². The maximum absolute atomic E-state index is 11.9. The molecule has 0 aromatic heterocycles. The zero-order chi connectivity index (χ0) is 26.2. The van der Waals surface area contributed by atoms with Crippen LogP contribution in [0.25, 0.3) is 0 Å². The van der Waals surface area contributed by atoms with Crippen LogP contribution < -0.4 is 0 Å². The van der Waals surface area contributed by atoms with E-state index in [9.17, 15) is 4.79 Å². The molecule has 0 N–H and O–H groups in total. The predicted octanol–water partition coefficient (Wildman–Crippen LogP) is 12.0. The van der Waals surface area contributed by atoms with E-state index in [1.807, 2.05) is 0 Å². The van der Waals surface area contributed by atoms with E-state index in [0.717, 1.165) is 12.8 Å². The number of rotatable bonds is 30. The first-order valence-corrected chi connectivity index (χ1v) is 16.6. The fourth-order valence-corrected chi connectivity index (χ4v) is 4.89. The van der Waals surface area contributed by atoms with Crippen molar-refractivity contribution in [1.29, 1.82) is 0 Å². The number of allylic oxidation sites excluding steroid dienone is 2. The summed E-state index contributed by atoms with van der Waals surface area (Å²) in [6.45, 7) is 5.19. The Hall–Kier alpha value is -0.790. The molecule has 36 heavy (non-hydrogen) atoms. The molecule has 0 heterocycles. The molecule has 0 amide bonds. The van der Waals surface area contributed by atoms with Gasteiger partial charge in [-0.25, -0.2) is 0 Å². The highest BCUT2D eigenvalue weighted by molar-refractivity contribution is 5.69. The highest BCUT2D eigenvalue weighted by Crippen LogP contribution is 2.14. The van der Waals surface area contributed by atoms with Gasteiger partial charge in [0.25, 0.3) is 0 Å². The summed E-state index contributed by atoms with van der Waals surface area (Å²) in [4.78, 5) is 11.9. The molecule has 0 atom stereocenters. The van der Waals surface area contributed by atoms with Crippen molar-refractivity contribution >= 4 is 5.97 Å². The molecule has 0 saturated heterocycles. The van der Waals surface area contributed by atoms with Gasteiger partial charge in [-0.1, -0.05) is 161 Å². The molecule has 214 valence electrons. The van der Waals surface area contributed by atoms with Crippen LogP contribution in [0.1, 0.15) is 194 Å². The molecule has 2 nitrogen and oxygen atoms in total. The molecule has 0 rings (SSSR count). The van der Waals surface area contributed by atoms with Gasteiger partial charge in [-0.05, 0) is 38.5 Å². The molecule has 0 unspecified atom stereocenters. The van der Waals surface area contributed by atoms with E-state index in [-0.39, 0.29) is 5.97 Å². The molecule has 0 fully saturated rings. The minimum Gasteiger partial charge on any atom is -0.466 e. The van der Waals surface area contributed by atoms with Gasteiger partial charge in [0.1, 0.15) is 0 Å². The Kier molecular flexibility index (Phi) is 31.5. The third-order valence-electron chi connectivity index (χ3n) is 7.40. The lowest BCUT2D eigenvalue weighted by molar-refractivity contribution is -0.143. The lowest BCUT2D eigenvalue weighted by Crippen LogP contribution is -2.05. The van der Waals surface area contributed by atoms with Gasteiger partial charge in [-0.15, -0.1) is 0 Å². The second-order valence-electron chi connectivity index (χ2n) is 11.2. The van der Waals surface area contributed by atoms with Crippen LogP contribution >= 0.6 is 0 Å². The highest BCUT2D eigenvalue weighted by Gasteiger charge is 2.02. The second-order valence-corrected chi connectivity index (χ2v) is 11.2. The molecular weight excluding hydrogens is 440 g/mol. The molecule has 0 saturated carbocycles. The van der Waals surface area contributed by atoms with Gasteiger partial charge in [-0.3, -0.25) is 4.79 Å². The van der Waals surface area contributed by atoms with Crippen molar-refractivity contribution in [1.82, 2.24) is 0 Å². The van der Waals surface area contributed by atoms with Crippen molar-refractivity contribution in [3.63, 3.8) is 0 Å². The Morgan fingerprint density at radius 1 is 0.444 bits per heavy atom. The molecular formula is C34H66O2. The van der Waals surface area contributed by atoms with Crippen molar-refractivity contribution in [2.45, 2.75) is 194 Å². The smallest absolute Gasteiger partial charge is 0.305 e. The third-order valence-corrected chi connectivity index (χ3v) is 7.40. The van der Waals surface area contributed by atoms with Crippen molar-refractivity contribution in [2.75, 3.05) is 6.61 Å². The van der Waals surface area contributed by atoms with E-state index in [1.165, 1.54) is 161 Å². The number of unbranched alkanes of at least 4 members (excludes halogenated alkanes) is 24. The number of hydrogen-bond donors (Lipinski definition) is 0. The predicted molar refractivity (Wildman–Crippen MR) is 161 cm³/mol. The zero-order valence-electron chi connectivity index (χ0n) is 25.0. The number of esters is 1. The van der Waals surface area contributed by atoms with Gasteiger partial charge in [-0.2, -0.15) is 0 Å². The Labute approximate surface area is 227 Å². The van der Waals surface area contributed by atoms with Crippen LogP contribution in [-0.4, -0.2) is 12.6 Å². The molecule has 2 heteroatoms. The average Bonchev–Trinajstić information content (AvgIpc) is 2.88. The Bertz CT molecular complexity index is 442. The van der Waals surface area contributed by atoms with Crippen molar-refractivity contribution in [2.24, 2.45) is 0 Å². The quantitative estimate of drug-likeness (QED) is 0.0550. The lowest BCUT2D eigenvalue weighted by atomic mass is 10.0. The van der Waals surface area contributed by atoms with Crippen LogP contribution in [0.2, 0.25) is 0 Å². The summed E-state index contributed by atoms with van der Waals surface area (Å²) >= 11 is 0. The fraction of sp³-hybridized carbons (Fsp3) is 0.912. The first-order valence-electron chi connectivity index (χ1n) is 16.6. The monoisotopic (exact) mass is 507 g/mol. The van der Waals surface area contributed by atoms with Crippen LogP contribution in [-0.2, 0) is 9.53 Å². The summed E-state index contributed by atoms with van der Waals surface area (Å²) in [5.41, 5.74) is 0. The first-order chi connectivity index (χ1) is 17.8. The largest absolute Gasteiger partial charge is 0.466 e. The fourth-order valence-electron chi connectivity index (χ4n) is 4.89. The summed E-state index contributed by atoms with van der Waals surface area (Å²) < 4.78 is 5.42. The molecule has 0 spiro atoms. The zero-order valence-corrected chi connectivity index (χ0v) is 25.0. The van der Waals surface area contributed by atoms with Gasteiger partial charge >= 0.3 is 5.97 Å². The second kappa shape index (κ2) is 32.2. The van der Waals surface area contributed by atoms with E-state index in [4.69, 9.17) is 4.74 Å². The van der Waals surface area contributed by atoms with Crippen LogP contribution in [0.15, 0.2) is 12.2 Å². The van der Waals surface area contributed by atoms with Gasteiger partial charge < -0.3 is 4.74 Å². The molecule has 0 aliphatic rings. The molecule has 0 aromatic rings. The maximum atomic E-state index is 11.9. The number of carbonyl (C=O) groups excluding carboxylic acids is 1. The van der Waals surface area contributed by atoms with E-state index >= 15 is 0 Å². The Balaban J connectivity index is 3.18. The minimum atomic E-state index is 0.0181. The molecule has 0 radical (unpaired) electrons. The van der Waals surface area contributed by atoms with Crippen molar-refractivity contribution < 1.29 is 9.53 Å². The van der Waals surface area contributed by atoms with Gasteiger partial charge in [0, 0.05) is 6.42 Å². The first kappa shape index (κ1) is 35.2. The lowest BCUT2D eigenvalue weighted by Gasteiger charge is -2.05. The SMILES string of the molecule is CCCCCCC/C=C/CCCCCCCCC(=O)OCCCCCCCCCCCCCCCC. The van der Waals surface area contributed by atoms with E-state index in [1.54, 1.807) is 0 Å². The van der Waals surface area contributed by atoms with E-state index in [2.05, 4.69) is 26.0 Å². The van der Waals surface area contributed by atoms with E-state index in [0.29, 0.717) is 13.0 Å². The minimum absolute atomic E-state index is 0.0181. The van der Waals surface area contributed by atoms with Crippen LogP contribution in [0.4, 0.5) is 0 Å². The van der Waals surface area contributed by atoms with Crippen molar-refractivity contribution in [3.8, 4) is 0 Å². The number of ether oxygens (including phenoxy) is 1. The van der Waals surface area contributed by atoms with Crippen LogP contribution in [0.5, 0.6) is 0 Å². The Morgan fingerprint density at radius 3 is 1.19 bits per heavy atom. The van der Waals surface area contributed by atoms with Crippen LogP contribution in [0, 0.1) is 0 Å². The molecule has 0 aliphatic carbocycles. The summed E-state index contributed by atoms with van der Waals surface area (Å²) in [5.74, 6) is 0.0181. The van der Waals surface area contributed by atoms with E-state index < -0.39 is 0 Å². The highest BCUT2D eigenvalue weighted by atomic mass is 16.5. The average molecular weight is 507 g/mol. The van der Waals surface area contributed by atoms with Gasteiger partial charge in [0.15, 0.2) is 0 Å². The Morgan fingerprint density at radius 2 is 0.778 bits per heavy atom. The maximum Gasteiger partial charge on any atom is 0.305 e. The third kappa shape index (κ3) is 31.2. The molecule has 0 aliphatic heterocycles. The van der Waals surface area contributed by atoms with Gasteiger partial charge in [0.05, 0.1) is 6.61 Å². The summed E-state index contributed by atoms with van der Waals surface area (Å²) in [5, 5.41) is 0. The number of hydrogen-bond acceptors (Lipinski definition) is 2. The van der Waals surface area contributed by atoms with Crippen LogP contribution in [0.3, 0.4) is 0 Å². The summed E-state index contributed by atoms with van der Waals surface area (Å²) in [6.07, 6.45) is 41.2. The number of carbonyl (C=O) groups is 1. The standard InChI is InChI=1S/C34H66O2/c1-3-5-7-9-11-13-15-17-19-20-22-24-26-28-30-32-34(35)36-33-31-29-27-25-23-21-18-16-14-12-10-8-6-4-2/h15,17H,3-14,16,18-33H2,1-2H3/b17-15+. The normalized spacial score (nSPS) is 11.5. The van der Waals surface area contributed by atoms with Gasteiger partial charge in [0.2, 0.25) is 0 Å². The topological polar surface area (TPSA) is 26.3 Å².